The number of carbonyl (C=O) groups is 1. The van der Waals surface area contributed by atoms with Gasteiger partial charge in [-0.15, -0.1) is 11.8 Å². The molecule has 23 heavy (non-hydrogen) atoms. The van der Waals surface area contributed by atoms with Crippen molar-refractivity contribution in [3.8, 4) is 0 Å². The van der Waals surface area contributed by atoms with E-state index in [0.29, 0.717) is 10.0 Å². The number of rotatable bonds is 6. The number of halogens is 2. The highest BCUT2D eigenvalue weighted by Gasteiger charge is 2.12. The Kier molecular flexibility index (Phi) is 6.78. The Hall–Kier alpha value is -1.20. The van der Waals surface area contributed by atoms with Crippen molar-refractivity contribution >= 4 is 46.6 Å². The lowest BCUT2D eigenvalue weighted by Crippen LogP contribution is -2.30. The summed E-state index contributed by atoms with van der Waals surface area (Å²) in [4.78, 5) is 13.2. The number of carbonyl (C=O) groups excluding carboxylic acids is 1. The first kappa shape index (κ1) is 18.1. The van der Waals surface area contributed by atoms with Crippen LogP contribution < -0.4 is 10.6 Å². The van der Waals surface area contributed by atoms with Crippen LogP contribution in [-0.2, 0) is 4.79 Å². The molecule has 0 heterocycles. The van der Waals surface area contributed by atoms with Crippen LogP contribution >= 0.6 is 35.0 Å². The van der Waals surface area contributed by atoms with Crippen molar-refractivity contribution in [2.45, 2.75) is 17.9 Å². The number of hydrogen-bond donors (Lipinski definition) is 2. The second kappa shape index (κ2) is 8.60. The number of benzene rings is 2. The van der Waals surface area contributed by atoms with Gasteiger partial charge in [-0.1, -0.05) is 41.4 Å². The molecule has 0 saturated carbocycles. The highest BCUT2D eigenvalue weighted by molar-refractivity contribution is 7.98. The number of anilines is 1. The van der Waals surface area contributed by atoms with Crippen LogP contribution in [0, 0.1) is 0 Å². The number of nitrogens with one attached hydrogen (secondary N) is 2. The minimum absolute atomic E-state index is 0.0543. The molecule has 3 nitrogen and oxygen atoms in total. The summed E-state index contributed by atoms with van der Waals surface area (Å²) in [6.45, 7) is 2.15. The highest BCUT2D eigenvalue weighted by atomic mass is 35.5. The molecular weight excluding hydrogens is 351 g/mol. The second-order valence-corrected chi connectivity index (χ2v) is 6.71. The van der Waals surface area contributed by atoms with E-state index < -0.39 is 0 Å². The van der Waals surface area contributed by atoms with Crippen LogP contribution in [0.1, 0.15) is 18.5 Å². The number of hydrogen-bond acceptors (Lipinski definition) is 3. The molecule has 0 aliphatic heterocycles. The first-order valence-electron chi connectivity index (χ1n) is 7.12. The lowest BCUT2D eigenvalue weighted by atomic mass is 10.1. The van der Waals surface area contributed by atoms with Crippen LogP contribution in [0.3, 0.4) is 0 Å². The van der Waals surface area contributed by atoms with Crippen molar-refractivity contribution < 1.29 is 4.79 Å². The molecule has 0 bridgehead atoms. The Morgan fingerprint density at radius 3 is 2.65 bits per heavy atom. The van der Waals surface area contributed by atoms with Gasteiger partial charge in [0.05, 0.1) is 12.2 Å². The van der Waals surface area contributed by atoms with Crippen molar-refractivity contribution in [2.75, 3.05) is 18.1 Å². The zero-order chi connectivity index (χ0) is 16.8. The summed E-state index contributed by atoms with van der Waals surface area (Å²) in [6.07, 6.45) is 1.98. The Morgan fingerprint density at radius 1 is 1.22 bits per heavy atom. The van der Waals surface area contributed by atoms with Crippen LogP contribution in [-0.4, -0.2) is 18.7 Å². The Labute approximate surface area is 150 Å². The largest absolute Gasteiger partial charge is 0.324 e. The average molecular weight is 369 g/mol. The van der Waals surface area contributed by atoms with Crippen molar-refractivity contribution in [1.82, 2.24) is 5.32 Å². The molecule has 0 fully saturated rings. The normalized spacial score (nSPS) is 12.0. The topological polar surface area (TPSA) is 41.1 Å². The first-order chi connectivity index (χ1) is 11.0. The quantitative estimate of drug-likeness (QED) is 0.704. The summed E-state index contributed by atoms with van der Waals surface area (Å²) >= 11 is 13.7. The van der Waals surface area contributed by atoms with Crippen LogP contribution in [0.25, 0.3) is 0 Å². The van der Waals surface area contributed by atoms with Gasteiger partial charge in [0.25, 0.3) is 0 Å². The van der Waals surface area contributed by atoms with E-state index in [2.05, 4.69) is 10.6 Å². The van der Waals surface area contributed by atoms with Gasteiger partial charge < -0.3 is 10.6 Å². The zero-order valence-electron chi connectivity index (χ0n) is 12.9. The van der Waals surface area contributed by atoms with Crippen LogP contribution in [0.2, 0.25) is 10.0 Å². The minimum Gasteiger partial charge on any atom is -0.324 e. The molecule has 0 aromatic heterocycles. The van der Waals surface area contributed by atoms with Crippen LogP contribution in [0.4, 0.5) is 5.69 Å². The fraction of sp³-hybridized carbons (Fsp3) is 0.235. The van der Waals surface area contributed by atoms with E-state index in [-0.39, 0.29) is 18.5 Å². The molecule has 0 spiro atoms. The van der Waals surface area contributed by atoms with E-state index in [1.807, 2.05) is 43.5 Å². The van der Waals surface area contributed by atoms with Gasteiger partial charge in [-0.2, -0.15) is 0 Å². The summed E-state index contributed by atoms with van der Waals surface area (Å²) in [6, 6.07) is 13.0. The zero-order valence-corrected chi connectivity index (χ0v) is 15.2. The molecule has 1 atom stereocenters. The molecule has 2 aromatic rings. The van der Waals surface area contributed by atoms with E-state index in [1.54, 1.807) is 23.9 Å². The van der Waals surface area contributed by atoms with Crippen molar-refractivity contribution in [3.63, 3.8) is 0 Å². The van der Waals surface area contributed by atoms with E-state index in [4.69, 9.17) is 23.2 Å². The predicted octanol–water partition coefficient (Wildman–Crippen LogP) is 5.00. The number of amides is 1. The second-order valence-electron chi connectivity index (χ2n) is 5.02. The third kappa shape index (κ3) is 5.15. The summed E-state index contributed by atoms with van der Waals surface area (Å²) in [7, 11) is 0. The standard InChI is InChI=1S/C17H18Cl2N2OS/c1-11(13-8-7-12(18)9-14(13)19)20-10-17(22)21-15-5-3-4-6-16(15)23-2/h3-9,11,20H,10H2,1-2H3,(H,21,22)/t11-/m0/s1. The third-order valence-electron chi connectivity index (χ3n) is 3.38. The number of thioether (sulfide) groups is 1. The van der Waals surface area contributed by atoms with Crippen LogP contribution in [0.5, 0.6) is 0 Å². The highest BCUT2D eigenvalue weighted by Crippen LogP contribution is 2.26. The number of para-hydroxylation sites is 1. The summed E-state index contributed by atoms with van der Waals surface area (Å²) in [5.41, 5.74) is 1.73. The molecular formula is C17H18Cl2N2OS. The molecule has 2 N–H and O–H groups in total. The fourth-order valence-corrected chi connectivity index (χ4v) is 3.28. The van der Waals surface area contributed by atoms with E-state index in [9.17, 15) is 4.79 Å². The molecule has 2 rings (SSSR count). The fourth-order valence-electron chi connectivity index (χ4n) is 2.15. The molecule has 6 heteroatoms. The van der Waals surface area contributed by atoms with Crippen molar-refractivity contribution in [2.24, 2.45) is 0 Å². The van der Waals surface area contributed by atoms with Crippen molar-refractivity contribution in [3.05, 3.63) is 58.1 Å². The minimum atomic E-state index is -0.0940. The van der Waals surface area contributed by atoms with Gasteiger partial charge >= 0.3 is 0 Å². The third-order valence-corrected chi connectivity index (χ3v) is 4.74. The summed E-state index contributed by atoms with van der Waals surface area (Å²) in [5.74, 6) is -0.0940. The smallest absolute Gasteiger partial charge is 0.238 e. The molecule has 1 amide bonds. The van der Waals surface area contributed by atoms with Gasteiger partial charge in [-0.3, -0.25) is 4.79 Å². The molecule has 0 aliphatic rings. The average Bonchev–Trinajstić information content (AvgIpc) is 2.53. The van der Waals surface area contributed by atoms with E-state index >= 15 is 0 Å². The van der Waals surface area contributed by atoms with Crippen molar-refractivity contribution in [1.29, 1.82) is 0 Å². The van der Waals surface area contributed by atoms with Gasteiger partial charge in [-0.05, 0) is 43.0 Å². The SMILES string of the molecule is CSc1ccccc1NC(=O)CN[C@@H](C)c1ccc(Cl)cc1Cl. The maximum atomic E-state index is 12.1. The summed E-state index contributed by atoms with van der Waals surface area (Å²) in [5, 5.41) is 7.27. The molecule has 122 valence electrons. The van der Waals surface area contributed by atoms with Gasteiger partial charge in [0.15, 0.2) is 0 Å². The summed E-state index contributed by atoms with van der Waals surface area (Å²) < 4.78 is 0. The van der Waals surface area contributed by atoms with E-state index in [1.165, 1.54) is 0 Å². The molecule has 0 unspecified atom stereocenters. The molecule has 0 radical (unpaired) electrons. The predicted molar refractivity (Wildman–Crippen MR) is 99.7 cm³/mol. The Balaban J connectivity index is 1.93. The monoisotopic (exact) mass is 368 g/mol. The maximum absolute atomic E-state index is 12.1. The molecule has 2 aromatic carbocycles. The lowest BCUT2D eigenvalue weighted by Gasteiger charge is -2.16. The maximum Gasteiger partial charge on any atom is 0.238 e. The van der Waals surface area contributed by atoms with Gasteiger partial charge in [0.1, 0.15) is 0 Å². The van der Waals surface area contributed by atoms with E-state index in [0.717, 1.165) is 16.1 Å². The Morgan fingerprint density at radius 2 is 1.96 bits per heavy atom. The molecule has 0 saturated heterocycles. The van der Waals surface area contributed by atoms with Gasteiger partial charge in [0.2, 0.25) is 5.91 Å². The first-order valence-corrected chi connectivity index (χ1v) is 9.10. The Bertz CT molecular complexity index is 694. The van der Waals surface area contributed by atoms with Gasteiger partial charge in [-0.25, -0.2) is 0 Å². The van der Waals surface area contributed by atoms with Crippen LogP contribution in [0.15, 0.2) is 47.4 Å². The lowest BCUT2D eigenvalue weighted by molar-refractivity contribution is -0.115. The molecule has 0 aliphatic carbocycles. The van der Waals surface area contributed by atoms with Gasteiger partial charge in [0, 0.05) is 21.0 Å².